The molecule has 0 unspecified atom stereocenters. The number of nitrogens with one attached hydrogen (secondary N) is 1. The Morgan fingerprint density at radius 2 is 1.68 bits per heavy atom. The smallest absolute Gasteiger partial charge is 0.344 e. The minimum atomic E-state index is -4.87. The van der Waals surface area contributed by atoms with Crippen LogP contribution in [0.15, 0.2) is 67.0 Å². The largest absolute Gasteiger partial charge is 0.471 e. The summed E-state index contributed by atoms with van der Waals surface area (Å²) in [4.78, 5) is 10.8. The lowest BCUT2D eigenvalue weighted by atomic mass is 10.1. The second kappa shape index (κ2) is 6.80. The molecule has 0 saturated carbocycles. The number of benzene rings is 2. The number of halogens is 3. The predicted octanol–water partition coefficient (Wildman–Crippen LogP) is 3.72. The third kappa shape index (κ3) is 4.06. The van der Waals surface area contributed by atoms with Gasteiger partial charge in [0.1, 0.15) is 0 Å². The Morgan fingerprint density at radius 1 is 1.00 bits per heavy atom. The molecule has 0 spiro atoms. The van der Waals surface area contributed by atoms with Crippen LogP contribution in [-0.4, -0.2) is 21.9 Å². The summed E-state index contributed by atoms with van der Waals surface area (Å²) in [6.07, 6.45) is -1.26. The first-order valence-electron chi connectivity index (χ1n) is 7.48. The van der Waals surface area contributed by atoms with Gasteiger partial charge in [-0.2, -0.15) is 18.3 Å². The van der Waals surface area contributed by atoms with Crippen LogP contribution in [0.25, 0.3) is 16.8 Å². The van der Waals surface area contributed by atoms with Gasteiger partial charge in [0.2, 0.25) is 0 Å². The molecule has 0 saturated heterocycles. The van der Waals surface area contributed by atoms with Crippen molar-refractivity contribution < 1.29 is 18.0 Å². The molecule has 3 aromatic rings. The zero-order valence-electron chi connectivity index (χ0n) is 13.0. The highest BCUT2D eigenvalue weighted by Gasteiger charge is 2.38. The van der Waals surface area contributed by atoms with E-state index in [1.807, 2.05) is 41.8 Å². The molecule has 1 aromatic heterocycles. The molecule has 0 aliphatic carbocycles. The van der Waals surface area contributed by atoms with Gasteiger partial charge < -0.3 is 5.32 Å². The average Bonchev–Trinajstić information content (AvgIpc) is 3.10. The molecule has 0 radical (unpaired) electrons. The van der Waals surface area contributed by atoms with E-state index in [-0.39, 0.29) is 6.54 Å². The quantitative estimate of drug-likeness (QED) is 0.783. The van der Waals surface area contributed by atoms with Crippen molar-refractivity contribution in [2.75, 3.05) is 0 Å². The van der Waals surface area contributed by atoms with Gasteiger partial charge in [0.05, 0.1) is 11.9 Å². The monoisotopic (exact) mass is 345 g/mol. The molecule has 1 N–H and O–H groups in total. The summed E-state index contributed by atoms with van der Waals surface area (Å²) in [5, 5.41) is 6.13. The number of amides is 1. The number of hydrogen-bond donors (Lipinski definition) is 1. The molecule has 0 aliphatic rings. The summed E-state index contributed by atoms with van der Waals surface area (Å²) in [5.74, 6) is -1.95. The number of carbonyl (C=O) groups is 1. The number of aromatic nitrogens is 2. The molecule has 0 atom stereocenters. The Labute approximate surface area is 141 Å². The normalized spacial score (nSPS) is 11.3. The third-order valence-corrected chi connectivity index (χ3v) is 3.60. The van der Waals surface area contributed by atoms with Crippen molar-refractivity contribution in [2.24, 2.45) is 0 Å². The number of carbonyl (C=O) groups excluding carboxylic acids is 1. The van der Waals surface area contributed by atoms with Crippen molar-refractivity contribution in [2.45, 2.75) is 12.7 Å². The van der Waals surface area contributed by atoms with E-state index in [1.54, 1.807) is 35.1 Å². The number of nitrogens with zero attached hydrogens (tertiary/aromatic N) is 2. The highest BCUT2D eigenvalue weighted by Crippen LogP contribution is 2.20. The Bertz CT molecular complexity index is 855. The highest BCUT2D eigenvalue weighted by atomic mass is 19.4. The topological polar surface area (TPSA) is 46.9 Å². The van der Waals surface area contributed by atoms with E-state index in [9.17, 15) is 18.0 Å². The fraction of sp³-hybridized carbons (Fsp3) is 0.111. The fourth-order valence-electron chi connectivity index (χ4n) is 2.29. The van der Waals surface area contributed by atoms with Crippen LogP contribution in [-0.2, 0) is 11.3 Å². The molecule has 2 aromatic carbocycles. The van der Waals surface area contributed by atoms with E-state index in [2.05, 4.69) is 5.10 Å². The van der Waals surface area contributed by atoms with E-state index >= 15 is 0 Å². The van der Waals surface area contributed by atoms with E-state index in [4.69, 9.17) is 0 Å². The molecule has 0 aliphatic heterocycles. The van der Waals surface area contributed by atoms with Crippen molar-refractivity contribution in [1.29, 1.82) is 0 Å². The van der Waals surface area contributed by atoms with Gasteiger partial charge >= 0.3 is 12.1 Å². The van der Waals surface area contributed by atoms with Gasteiger partial charge in [-0.25, -0.2) is 4.68 Å². The minimum Gasteiger partial charge on any atom is -0.344 e. The zero-order chi connectivity index (χ0) is 17.9. The van der Waals surface area contributed by atoms with E-state index in [0.29, 0.717) is 5.56 Å². The first-order valence-corrected chi connectivity index (χ1v) is 7.48. The van der Waals surface area contributed by atoms with Gasteiger partial charge in [0, 0.05) is 18.3 Å². The first-order chi connectivity index (χ1) is 11.9. The lowest BCUT2D eigenvalue weighted by Crippen LogP contribution is -2.36. The van der Waals surface area contributed by atoms with Crippen LogP contribution in [0.3, 0.4) is 0 Å². The summed E-state index contributed by atoms with van der Waals surface area (Å²) < 4.78 is 38.1. The summed E-state index contributed by atoms with van der Waals surface area (Å²) >= 11 is 0. The Balaban J connectivity index is 1.69. The van der Waals surface area contributed by atoms with Gasteiger partial charge in [-0.05, 0) is 23.3 Å². The van der Waals surface area contributed by atoms with E-state index in [1.165, 1.54) is 0 Å². The molecule has 0 fully saturated rings. The minimum absolute atomic E-state index is 0.188. The zero-order valence-corrected chi connectivity index (χ0v) is 13.0. The Morgan fingerprint density at radius 3 is 2.32 bits per heavy atom. The molecular formula is C18H14F3N3O. The summed E-state index contributed by atoms with van der Waals surface area (Å²) in [7, 11) is 0. The maximum Gasteiger partial charge on any atom is 0.471 e. The van der Waals surface area contributed by atoms with Gasteiger partial charge in [0.15, 0.2) is 0 Å². The number of hydrogen-bond acceptors (Lipinski definition) is 2. The van der Waals surface area contributed by atoms with Crippen LogP contribution in [0.4, 0.5) is 13.2 Å². The van der Waals surface area contributed by atoms with Crippen LogP contribution in [0, 0.1) is 0 Å². The first kappa shape index (κ1) is 16.8. The molecule has 25 heavy (non-hydrogen) atoms. The van der Waals surface area contributed by atoms with E-state index in [0.717, 1.165) is 16.8 Å². The molecule has 1 heterocycles. The molecule has 1 amide bonds. The fourth-order valence-corrected chi connectivity index (χ4v) is 2.29. The summed E-state index contributed by atoms with van der Waals surface area (Å²) in [5.41, 5.74) is 3.34. The standard InChI is InChI=1S/C18H14F3N3O/c19-18(20,21)17(25)22-10-13-6-8-16(9-7-13)24-12-15(11-23-24)14-4-2-1-3-5-14/h1-9,11-12H,10H2,(H,22,25). The van der Waals surface area contributed by atoms with Crippen molar-refractivity contribution in [3.8, 4) is 16.8 Å². The van der Waals surface area contributed by atoms with Gasteiger partial charge in [-0.15, -0.1) is 0 Å². The highest BCUT2D eigenvalue weighted by molar-refractivity contribution is 5.81. The van der Waals surface area contributed by atoms with Gasteiger partial charge in [-0.1, -0.05) is 42.5 Å². The van der Waals surface area contributed by atoms with Crippen molar-refractivity contribution in [3.05, 3.63) is 72.6 Å². The van der Waals surface area contributed by atoms with Crippen LogP contribution in [0.2, 0.25) is 0 Å². The number of alkyl halides is 3. The van der Waals surface area contributed by atoms with Crippen LogP contribution >= 0.6 is 0 Å². The molecule has 0 bridgehead atoms. The van der Waals surface area contributed by atoms with E-state index < -0.39 is 12.1 Å². The Hall–Kier alpha value is -3.09. The molecule has 3 rings (SSSR count). The van der Waals surface area contributed by atoms with Gasteiger partial charge in [-0.3, -0.25) is 4.79 Å². The maximum atomic E-state index is 12.2. The molecule has 4 nitrogen and oxygen atoms in total. The van der Waals surface area contributed by atoms with Crippen molar-refractivity contribution in [3.63, 3.8) is 0 Å². The third-order valence-electron chi connectivity index (χ3n) is 3.60. The number of rotatable bonds is 4. The maximum absolute atomic E-state index is 12.2. The van der Waals surface area contributed by atoms with Crippen LogP contribution in [0.1, 0.15) is 5.56 Å². The lowest BCUT2D eigenvalue weighted by Gasteiger charge is -2.08. The molecule has 7 heteroatoms. The summed E-state index contributed by atoms with van der Waals surface area (Å²) in [6.45, 7) is -0.188. The summed E-state index contributed by atoms with van der Waals surface area (Å²) in [6, 6.07) is 16.5. The van der Waals surface area contributed by atoms with Crippen LogP contribution < -0.4 is 5.32 Å². The lowest BCUT2D eigenvalue weighted by molar-refractivity contribution is -0.173. The molecule has 128 valence electrons. The second-order valence-corrected chi connectivity index (χ2v) is 5.39. The SMILES string of the molecule is O=C(NCc1ccc(-n2cc(-c3ccccc3)cn2)cc1)C(F)(F)F. The van der Waals surface area contributed by atoms with Crippen molar-refractivity contribution in [1.82, 2.24) is 15.1 Å². The van der Waals surface area contributed by atoms with Crippen molar-refractivity contribution >= 4 is 5.91 Å². The average molecular weight is 345 g/mol. The second-order valence-electron chi connectivity index (χ2n) is 5.39. The van der Waals surface area contributed by atoms with Crippen LogP contribution in [0.5, 0.6) is 0 Å². The predicted molar refractivity (Wildman–Crippen MR) is 86.9 cm³/mol. The Kier molecular flexibility index (Phi) is 4.56. The molecular weight excluding hydrogens is 331 g/mol. The van der Waals surface area contributed by atoms with Gasteiger partial charge in [0.25, 0.3) is 0 Å².